The van der Waals surface area contributed by atoms with Gasteiger partial charge in [-0.05, 0) is 249 Å². The van der Waals surface area contributed by atoms with Crippen LogP contribution in [-0.4, -0.2) is 0 Å². The minimum Gasteiger partial charge on any atom is -0.0630 e. The third-order valence-electron chi connectivity index (χ3n) is 23.7. The predicted octanol–water partition coefficient (Wildman–Crippen LogP) is 31.6. The lowest BCUT2D eigenvalue weighted by Gasteiger charge is -2.49. The van der Waals surface area contributed by atoms with E-state index in [0.29, 0.717) is 52.3 Å². The van der Waals surface area contributed by atoms with E-state index < -0.39 is 0 Å². The Kier molecular flexibility index (Phi) is 39.8. The summed E-state index contributed by atoms with van der Waals surface area (Å²) in [6, 6.07) is 44.7. The monoisotopic (exact) mass is 1340 g/mol. The van der Waals surface area contributed by atoms with Crippen LogP contribution in [-0.2, 0) is 17.3 Å². The van der Waals surface area contributed by atoms with E-state index in [9.17, 15) is 0 Å². The van der Waals surface area contributed by atoms with Gasteiger partial charge in [-0.2, -0.15) is 0 Å². The molecule has 0 nitrogen and oxygen atoms in total. The average Bonchev–Trinajstić information content (AvgIpc) is 0.800. The molecule has 2 atom stereocenters. The summed E-state index contributed by atoms with van der Waals surface area (Å²) in [4.78, 5) is 0. The fourth-order valence-electron chi connectivity index (χ4n) is 15.7. The lowest BCUT2D eigenvalue weighted by molar-refractivity contribution is 0.0213. The number of benzene rings is 5. The zero-order chi connectivity index (χ0) is 74.6. The number of rotatable bonds is 18. The highest BCUT2D eigenvalue weighted by molar-refractivity contribution is 5.35. The normalized spacial score (nSPS) is 20.3. The number of hydrogen-bond acceptors (Lipinski definition) is 0. The van der Waals surface area contributed by atoms with Crippen LogP contribution in [0, 0.1) is 88.8 Å². The summed E-state index contributed by atoms with van der Waals surface area (Å²) in [7, 11) is 0. The quantitative estimate of drug-likeness (QED) is 0.0820. The van der Waals surface area contributed by atoms with Gasteiger partial charge in [0.2, 0.25) is 0 Å². The summed E-state index contributed by atoms with van der Waals surface area (Å²) in [5.74, 6) is 14.0. The van der Waals surface area contributed by atoms with Gasteiger partial charge >= 0.3 is 0 Å². The van der Waals surface area contributed by atoms with Crippen LogP contribution in [0.1, 0.15) is 390 Å². The molecule has 0 saturated heterocycles. The van der Waals surface area contributed by atoms with Crippen LogP contribution in [0.15, 0.2) is 121 Å². The lowest BCUT2D eigenvalue weighted by Crippen LogP contribution is -2.38. The minimum absolute atomic E-state index is 0.239. The fraction of sp³-hybridized carbons (Fsp3) is 0.694. The molecular formula is C98H164. The van der Waals surface area contributed by atoms with E-state index in [4.69, 9.17) is 0 Å². The predicted molar refractivity (Wildman–Crippen MR) is 445 cm³/mol. The standard InChI is InChI=1S/C19H36.C19H24.C18H30.C16H32.C12H18.C10H14.C4H10/c2*1-14(2)18-9-5-16(6-10-18)13-17-7-11-19(12-8-17)15(3)4;1-13(2)17(5,6)15-10-9-11-16(12-15)18(7,8)14(3)4;1-12(2)8-16(7)10-14(13(3)4)9-15(5,6)11-16;1-9(2)11-5-7-12(8-6-11)10(3)4;1-8(2)10-7-5-4-6-9(10)3;1-4(2)3/h14-19H,5-13H2,1-4H3;5-12,14-15H,13H2,1-4H3;9-14H,1-8H3;12-14H,8-11H2,1-7H3;5-10H,1-4H3;4-8H,1-3H3;4H,1-3H3. The van der Waals surface area contributed by atoms with Crippen molar-refractivity contribution in [2.24, 2.45) is 81.8 Å². The molecule has 0 N–H and O–H groups in total. The Morgan fingerprint density at radius 2 is 0.704 bits per heavy atom. The molecule has 0 spiro atoms. The molecule has 5 aromatic carbocycles. The van der Waals surface area contributed by atoms with Crippen LogP contribution in [0.2, 0.25) is 0 Å². The summed E-state index contributed by atoms with van der Waals surface area (Å²) >= 11 is 0. The highest BCUT2D eigenvalue weighted by atomic mass is 14.5. The van der Waals surface area contributed by atoms with E-state index in [2.05, 4.69) is 350 Å². The first-order valence-electron chi connectivity index (χ1n) is 40.8. The zero-order valence-corrected chi connectivity index (χ0v) is 71.3. The van der Waals surface area contributed by atoms with Gasteiger partial charge in [0, 0.05) is 0 Å². The van der Waals surface area contributed by atoms with Crippen molar-refractivity contribution in [1.29, 1.82) is 0 Å². The maximum Gasteiger partial charge on any atom is -0.00258 e. The van der Waals surface area contributed by atoms with Crippen LogP contribution in [0.4, 0.5) is 0 Å². The fourth-order valence-corrected chi connectivity index (χ4v) is 15.7. The van der Waals surface area contributed by atoms with Gasteiger partial charge in [-0.3, -0.25) is 0 Å². The van der Waals surface area contributed by atoms with E-state index in [-0.39, 0.29) is 10.8 Å². The van der Waals surface area contributed by atoms with Crippen molar-refractivity contribution in [3.8, 4) is 0 Å². The Bertz CT molecular complexity index is 2690. The molecule has 556 valence electrons. The summed E-state index contributed by atoms with van der Waals surface area (Å²) in [6.07, 6.45) is 20.5. The Balaban J connectivity index is 0.000000400. The first kappa shape index (κ1) is 90.2. The Morgan fingerprint density at radius 1 is 0.378 bits per heavy atom. The second-order valence-electron chi connectivity index (χ2n) is 38.5. The van der Waals surface area contributed by atoms with Crippen LogP contribution in [0.5, 0.6) is 0 Å². The van der Waals surface area contributed by atoms with Gasteiger partial charge < -0.3 is 0 Å². The summed E-state index contributed by atoms with van der Waals surface area (Å²) in [5, 5.41) is 0. The largest absolute Gasteiger partial charge is 0.0630 e. The third kappa shape index (κ3) is 33.0. The zero-order valence-electron chi connectivity index (χ0n) is 71.3. The smallest absolute Gasteiger partial charge is 0.00258 e. The topological polar surface area (TPSA) is 0 Å². The maximum absolute atomic E-state index is 2.53. The molecule has 2 unspecified atom stereocenters. The van der Waals surface area contributed by atoms with E-state index in [1.807, 2.05) is 0 Å². The third-order valence-corrected chi connectivity index (χ3v) is 23.7. The summed E-state index contributed by atoms with van der Waals surface area (Å²) in [5.41, 5.74) is 15.9. The van der Waals surface area contributed by atoms with Gasteiger partial charge in [-0.1, -0.05) is 369 Å². The molecule has 3 fully saturated rings. The molecule has 3 aliphatic carbocycles. The van der Waals surface area contributed by atoms with E-state index in [1.165, 1.54) is 133 Å². The molecule has 0 aliphatic heterocycles. The number of aryl methyl sites for hydroxylation is 1. The van der Waals surface area contributed by atoms with E-state index >= 15 is 0 Å². The van der Waals surface area contributed by atoms with Gasteiger partial charge in [0.25, 0.3) is 0 Å². The maximum atomic E-state index is 2.53. The van der Waals surface area contributed by atoms with Gasteiger partial charge in [0.15, 0.2) is 0 Å². The molecule has 98 heavy (non-hydrogen) atoms. The van der Waals surface area contributed by atoms with Crippen LogP contribution >= 0.6 is 0 Å². The van der Waals surface area contributed by atoms with Crippen molar-refractivity contribution in [1.82, 2.24) is 0 Å². The molecule has 3 aliphatic rings. The van der Waals surface area contributed by atoms with Crippen molar-refractivity contribution < 1.29 is 0 Å². The molecule has 0 bridgehead atoms. The van der Waals surface area contributed by atoms with Gasteiger partial charge in [-0.15, -0.1) is 0 Å². The van der Waals surface area contributed by atoms with E-state index in [1.54, 1.807) is 6.42 Å². The second-order valence-corrected chi connectivity index (χ2v) is 38.5. The Labute approximate surface area is 613 Å². The van der Waals surface area contributed by atoms with Gasteiger partial charge in [0.1, 0.15) is 0 Å². The molecule has 0 amide bonds. The van der Waals surface area contributed by atoms with Crippen molar-refractivity contribution in [2.45, 2.75) is 359 Å². The highest BCUT2D eigenvalue weighted by Crippen LogP contribution is 2.53. The first-order chi connectivity index (χ1) is 45.4. The average molecular weight is 1340 g/mol. The van der Waals surface area contributed by atoms with Gasteiger partial charge in [-0.25, -0.2) is 0 Å². The minimum atomic E-state index is 0.239. The van der Waals surface area contributed by atoms with Crippen LogP contribution < -0.4 is 0 Å². The van der Waals surface area contributed by atoms with Gasteiger partial charge in [0.05, 0.1) is 0 Å². The number of hydrogen-bond donors (Lipinski definition) is 0. The van der Waals surface area contributed by atoms with Crippen molar-refractivity contribution in [3.63, 3.8) is 0 Å². The molecule has 5 aromatic rings. The summed E-state index contributed by atoms with van der Waals surface area (Å²) < 4.78 is 0. The van der Waals surface area contributed by atoms with Crippen LogP contribution in [0.3, 0.4) is 0 Å². The molecule has 0 heterocycles. The first-order valence-corrected chi connectivity index (χ1v) is 40.8. The molecule has 0 aromatic heterocycles. The van der Waals surface area contributed by atoms with Crippen molar-refractivity contribution in [3.05, 3.63) is 177 Å². The van der Waals surface area contributed by atoms with Crippen molar-refractivity contribution in [2.75, 3.05) is 0 Å². The Hall–Kier alpha value is -3.90. The van der Waals surface area contributed by atoms with E-state index in [0.717, 1.165) is 65.6 Å². The molecule has 3 saturated carbocycles. The molecular weight excluding hydrogens is 1180 g/mol. The Morgan fingerprint density at radius 3 is 0.980 bits per heavy atom. The highest BCUT2D eigenvalue weighted by Gasteiger charge is 2.42. The summed E-state index contributed by atoms with van der Waals surface area (Å²) in [6.45, 7) is 76.3. The lowest BCUT2D eigenvalue weighted by atomic mass is 9.57. The second kappa shape index (κ2) is 43.3. The molecule has 0 radical (unpaired) electrons. The molecule has 0 heteroatoms. The van der Waals surface area contributed by atoms with Crippen molar-refractivity contribution >= 4 is 0 Å². The van der Waals surface area contributed by atoms with Crippen LogP contribution in [0.25, 0.3) is 0 Å². The molecule has 8 rings (SSSR count). The SMILES string of the molecule is CC(C)C.CC(C)C(C)(C)c1cccc(C(C)(C)C(C)C)c1.CC(C)C1CCC(CC2CCC(C(C)C)CC2)CC1.CC(C)CC1(C)CC(C(C)C)CC(C)(C)C1.CC(C)c1ccc(C(C)C)cc1.CC(C)c1ccc(Cc2ccc(C(C)C)cc2)cc1.Cc1ccccc1C(C)C.